The number of amides is 2. The molecule has 1 fully saturated rings. The van der Waals surface area contributed by atoms with Gasteiger partial charge in [-0.25, -0.2) is 0 Å². The lowest BCUT2D eigenvalue weighted by atomic mass is 9.78. The highest BCUT2D eigenvalue weighted by molar-refractivity contribution is 5.92. The zero-order chi connectivity index (χ0) is 24.6. The van der Waals surface area contributed by atoms with Gasteiger partial charge in [-0.1, -0.05) is 65.8 Å². The summed E-state index contributed by atoms with van der Waals surface area (Å²) in [6, 6.07) is 11.6. The number of benzene rings is 2. The topological polar surface area (TPSA) is 83.6 Å². The quantitative estimate of drug-likeness (QED) is 0.607. The standard InChI is InChI=1S/C28H38N2O3/c1-27(2,3)22-15-19(16-23(25(22)32)28(4,5)6)9-14-24(31)30(21-12-13-21)17-18-7-10-20(11-8-18)26(29)33/h7-8,10-11,15-16,21,32H,9,12-14,17H2,1-6H3,(H2,29,33). The number of primary amides is 1. The molecule has 5 nitrogen and oxygen atoms in total. The minimum atomic E-state index is -0.449. The predicted molar refractivity (Wildman–Crippen MR) is 132 cm³/mol. The molecule has 5 heteroatoms. The Morgan fingerprint density at radius 3 is 1.88 bits per heavy atom. The van der Waals surface area contributed by atoms with E-state index in [1.54, 1.807) is 12.1 Å². The van der Waals surface area contributed by atoms with E-state index < -0.39 is 5.91 Å². The molecule has 1 aliphatic rings. The van der Waals surface area contributed by atoms with Crippen LogP contribution in [0.5, 0.6) is 5.75 Å². The van der Waals surface area contributed by atoms with E-state index in [0.717, 1.165) is 35.1 Å². The van der Waals surface area contributed by atoms with Gasteiger partial charge in [0.15, 0.2) is 0 Å². The third-order valence-corrected chi connectivity index (χ3v) is 6.31. The normalized spacial score (nSPS) is 14.2. The minimum absolute atomic E-state index is 0.138. The van der Waals surface area contributed by atoms with Crippen LogP contribution >= 0.6 is 0 Å². The van der Waals surface area contributed by atoms with Crippen molar-refractivity contribution in [2.45, 2.75) is 90.6 Å². The summed E-state index contributed by atoms with van der Waals surface area (Å²) in [5.41, 5.74) is 9.34. The second kappa shape index (κ2) is 9.20. The second-order valence-corrected chi connectivity index (χ2v) is 11.4. The van der Waals surface area contributed by atoms with Gasteiger partial charge >= 0.3 is 0 Å². The maximum absolute atomic E-state index is 13.2. The Balaban J connectivity index is 1.77. The maximum atomic E-state index is 13.2. The van der Waals surface area contributed by atoms with Crippen molar-refractivity contribution in [2.75, 3.05) is 0 Å². The Kier molecular flexibility index (Phi) is 6.92. The largest absolute Gasteiger partial charge is 0.507 e. The average molecular weight is 451 g/mol. The molecule has 33 heavy (non-hydrogen) atoms. The first-order valence-corrected chi connectivity index (χ1v) is 11.8. The zero-order valence-electron chi connectivity index (χ0n) is 20.9. The molecule has 3 rings (SSSR count). The average Bonchev–Trinajstić information content (AvgIpc) is 3.54. The van der Waals surface area contributed by atoms with Crippen LogP contribution in [0.2, 0.25) is 0 Å². The van der Waals surface area contributed by atoms with Gasteiger partial charge in [-0.2, -0.15) is 0 Å². The van der Waals surface area contributed by atoms with Crippen LogP contribution in [-0.4, -0.2) is 27.9 Å². The van der Waals surface area contributed by atoms with Gasteiger partial charge in [0.05, 0.1) is 0 Å². The SMILES string of the molecule is CC(C)(C)c1cc(CCC(=O)N(Cc2ccc(C(N)=O)cc2)C2CC2)cc(C(C)(C)C)c1O. The number of rotatable bonds is 7. The van der Waals surface area contributed by atoms with Gasteiger partial charge in [-0.15, -0.1) is 0 Å². The molecular weight excluding hydrogens is 412 g/mol. The van der Waals surface area contributed by atoms with Gasteiger partial charge in [-0.3, -0.25) is 9.59 Å². The fraction of sp³-hybridized carbons (Fsp3) is 0.500. The Morgan fingerprint density at radius 2 is 1.45 bits per heavy atom. The van der Waals surface area contributed by atoms with Crippen LogP contribution < -0.4 is 5.73 Å². The first kappa shape index (κ1) is 24.8. The van der Waals surface area contributed by atoms with Crippen LogP contribution in [0, 0.1) is 0 Å². The lowest BCUT2D eigenvalue weighted by molar-refractivity contribution is -0.132. The molecule has 2 amide bonds. The fourth-order valence-electron chi connectivity index (χ4n) is 4.16. The first-order valence-electron chi connectivity index (χ1n) is 11.8. The highest BCUT2D eigenvalue weighted by atomic mass is 16.3. The number of nitrogens with zero attached hydrogens (tertiary/aromatic N) is 1. The number of nitrogens with two attached hydrogens (primary N) is 1. The maximum Gasteiger partial charge on any atom is 0.248 e. The van der Waals surface area contributed by atoms with Crippen molar-refractivity contribution in [2.24, 2.45) is 5.73 Å². The van der Waals surface area contributed by atoms with Gasteiger partial charge in [0.2, 0.25) is 11.8 Å². The van der Waals surface area contributed by atoms with Crippen LogP contribution in [0.1, 0.15) is 93.4 Å². The number of carbonyl (C=O) groups excluding carboxylic acids is 2. The Bertz CT molecular complexity index is 988. The molecule has 178 valence electrons. The smallest absolute Gasteiger partial charge is 0.248 e. The summed E-state index contributed by atoms with van der Waals surface area (Å²) in [5, 5.41) is 10.9. The molecule has 0 aliphatic heterocycles. The van der Waals surface area contributed by atoms with Crippen LogP contribution in [0.15, 0.2) is 36.4 Å². The molecule has 1 aliphatic carbocycles. The highest BCUT2D eigenvalue weighted by Crippen LogP contribution is 2.40. The van der Waals surface area contributed by atoms with Gasteiger partial charge in [0.1, 0.15) is 5.75 Å². The van der Waals surface area contributed by atoms with Crippen molar-refractivity contribution in [3.8, 4) is 5.75 Å². The Morgan fingerprint density at radius 1 is 0.939 bits per heavy atom. The molecule has 2 aromatic carbocycles. The van der Waals surface area contributed by atoms with Crippen LogP contribution in [-0.2, 0) is 28.6 Å². The van der Waals surface area contributed by atoms with Gasteiger partial charge in [0, 0.05) is 24.6 Å². The molecular formula is C28H38N2O3. The molecule has 0 bridgehead atoms. The van der Waals surface area contributed by atoms with Gasteiger partial charge < -0.3 is 15.7 Å². The molecule has 2 aromatic rings. The molecule has 0 atom stereocenters. The van der Waals surface area contributed by atoms with Crippen molar-refractivity contribution in [3.05, 3.63) is 64.2 Å². The molecule has 0 spiro atoms. The summed E-state index contributed by atoms with van der Waals surface area (Å²) in [6.07, 6.45) is 3.13. The number of hydrogen-bond acceptors (Lipinski definition) is 3. The molecule has 3 N–H and O–H groups in total. The summed E-state index contributed by atoms with van der Waals surface area (Å²) in [5.74, 6) is 0.0538. The van der Waals surface area contributed by atoms with Crippen molar-refractivity contribution in [1.29, 1.82) is 0 Å². The summed E-state index contributed by atoms with van der Waals surface area (Å²) in [4.78, 5) is 26.5. The van der Waals surface area contributed by atoms with Crippen molar-refractivity contribution in [1.82, 2.24) is 4.90 Å². The van der Waals surface area contributed by atoms with Crippen molar-refractivity contribution >= 4 is 11.8 Å². The van der Waals surface area contributed by atoms with E-state index in [9.17, 15) is 14.7 Å². The molecule has 0 saturated heterocycles. The summed E-state index contributed by atoms with van der Waals surface area (Å²) in [6.45, 7) is 13.1. The van der Waals surface area contributed by atoms with E-state index >= 15 is 0 Å². The van der Waals surface area contributed by atoms with E-state index in [2.05, 4.69) is 53.7 Å². The van der Waals surface area contributed by atoms with Crippen molar-refractivity contribution < 1.29 is 14.7 Å². The molecule has 0 aromatic heterocycles. The summed E-state index contributed by atoms with van der Waals surface area (Å²) < 4.78 is 0. The Hall–Kier alpha value is -2.82. The second-order valence-electron chi connectivity index (χ2n) is 11.4. The molecule has 1 saturated carbocycles. The number of phenolic OH excluding ortho intramolecular Hbond substituents is 1. The third kappa shape index (κ3) is 6.16. The summed E-state index contributed by atoms with van der Waals surface area (Å²) >= 11 is 0. The molecule has 0 radical (unpaired) electrons. The first-order chi connectivity index (χ1) is 15.3. The van der Waals surface area contributed by atoms with E-state index in [1.807, 2.05) is 17.0 Å². The van der Waals surface area contributed by atoms with E-state index in [1.165, 1.54) is 0 Å². The van der Waals surface area contributed by atoms with Gasteiger partial charge in [-0.05, 0) is 64.5 Å². The number of aryl methyl sites for hydroxylation is 1. The van der Waals surface area contributed by atoms with Crippen LogP contribution in [0.4, 0.5) is 0 Å². The number of phenols is 1. The Labute approximate surface area is 198 Å². The van der Waals surface area contributed by atoms with Crippen LogP contribution in [0.25, 0.3) is 0 Å². The van der Waals surface area contributed by atoms with E-state index in [4.69, 9.17) is 5.73 Å². The highest BCUT2D eigenvalue weighted by Gasteiger charge is 2.32. The summed E-state index contributed by atoms with van der Waals surface area (Å²) in [7, 11) is 0. The lowest BCUT2D eigenvalue weighted by Gasteiger charge is -2.28. The number of aromatic hydroxyl groups is 1. The van der Waals surface area contributed by atoms with Gasteiger partial charge in [0.25, 0.3) is 0 Å². The predicted octanol–water partition coefficient (Wildman–Crippen LogP) is 5.21. The van der Waals surface area contributed by atoms with E-state index in [-0.39, 0.29) is 16.7 Å². The number of hydrogen-bond donors (Lipinski definition) is 2. The zero-order valence-corrected chi connectivity index (χ0v) is 20.9. The van der Waals surface area contributed by atoms with Crippen LogP contribution in [0.3, 0.4) is 0 Å². The lowest BCUT2D eigenvalue weighted by Crippen LogP contribution is -2.32. The third-order valence-electron chi connectivity index (χ3n) is 6.31. The van der Waals surface area contributed by atoms with Crippen molar-refractivity contribution in [3.63, 3.8) is 0 Å². The molecule has 0 unspecified atom stereocenters. The number of carbonyl (C=O) groups is 2. The molecule has 0 heterocycles. The fourth-order valence-corrected chi connectivity index (χ4v) is 4.16. The monoisotopic (exact) mass is 450 g/mol. The van der Waals surface area contributed by atoms with E-state index in [0.29, 0.717) is 36.7 Å². The minimum Gasteiger partial charge on any atom is -0.507 e.